The molecule has 2 heterocycles. The van der Waals surface area contributed by atoms with Crippen LogP contribution < -0.4 is 5.32 Å². The Balaban J connectivity index is 1.61. The maximum absolute atomic E-state index is 12.2. The SMILES string of the molecule is Cc1nc2cc(Cl)c(-c3ccc(NC(=O)c4snnc4C)cc3)cc2o1. The topological polar surface area (TPSA) is 80.9 Å². The second-order valence-corrected chi connectivity index (χ2v) is 6.91. The normalized spacial score (nSPS) is 11.0. The lowest BCUT2D eigenvalue weighted by Crippen LogP contribution is -2.11. The number of halogens is 1. The molecule has 1 N–H and O–H groups in total. The van der Waals surface area contributed by atoms with Gasteiger partial charge in [0.05, 0.1) is 10.7 Å². The Morgan fingerprint density at radius 2 is 1.96 bits per heavy atom. The van der Waals surface area contributed by atoms with Crippen molar-refractivity contribution in [3.63, 3.8) is 0 Å². The van der Waals surface area contributed by atoms with Gasteiger partial charge in [0.1, 0.15) is 10.4 Å². The predicted molar refractivity (Wildman–Crippen MR) is 102 cm³/mol. The molecule has 0 saturated heterocycles. The molecule has 130 valence electrons. The smallest absolute Gasteiger partial charge is 0.269 e. The highest BCUT2D eigenvalue weighted by molar-refractivity contribution is 7.08. The number of carbonyl (C=O) groups is 1. The summed E-state index contributed by atoms with van der Waals surface area (Å²) in [5.74, 6) is 0.376. The van der Waals surface area contributed by atoms with Crippen LogP contribution in [-0.4, -0.2) is 20.5 Å². The Hall–Kier alpha value is -2.77. The van der Waals surface area contributed by atoms with E-state index >= 15 is 0 Å². The van der Waals surface area contributed by atoms with Gasteiger partial charge in [-0.25, -0.2) is 4.98 Å². The number of oxazole rings is 1. The van der Waals surface area contributed by atoms with Crippen molar-refractivity contribution in [2.75, 3.05) is 5.32 Å². The molecule has 0 radical (unpaired) electrons. The molecule has 2 aromatic carbocycles. The molecule has 1 amide bonds. The number of carbonyl (C=O) groups excluding carboxylic acids is 1. The van der Waals surface area contributed by atoms with E-state index in [1.54, 1.807) is 19.9 Å². The highest BCUT2D eigenvalue weighted by Crippen LogP contribution is 2.33. The molecular weight excluding hydrogens is 372 g/mol. The number of benzene rings is 2. The highest BCUT2D eigenvalue weighted by atomic mass is 35.5. The van der Waals surface area contributed by atoms with Crippen LogP contribution in [0.5, 0.6) is 0 Å². The first kappa shape index (κ1) is 16.7. The maximum atomic E-state index is 12.2. The van der Waals surface area contributed by atoms with Gasteiger partial charge in [-0.1, -0.05) is 28.2 Å². The van der Waals surface area contributed by atoms with Gasteiger partial charge in [0.25, 0.3) is 5.91 Å². The van der Waals surface area contributed by atoms with Crippen LogP contribution in [0.4, 0.5) is 5.69 Å². The zero-order valence-electron chi connectivity index (χ0n) is 13.9. The average Bonchev–Trinajstić information content (AvgIpc) is 3.19. The number of aryl methyl sites for hydroxylation is 2. The second-order valence-electron chi connectivity index (χ2n) is 5.75. The maximum Gasteiger partial charge on any atom is 0.269 e. The van der Waals surface area contributed by atoms with E-state index in [4.69, 9.17) is 16.0 Å². The van der Waals surface area contributed by atoms with Crippen LogP contribution in [0.15, 0.2) is 40.8 Å². The number of nitrogens with zero attached hydrogens (tertiary/aromatic N) is 3. The van der Waals surface area contributed by atoms with Crippen molar-refractivity contribution in [1.29, 1.82) is 0 Å². The van der Waals surface area contributed by atoms with E-state index < -0.39 is 0 Å². The van der Waals surface area contributed by atoms with E-state index in [1.807, 2.05) is 30.3 Å². The van der Waals surface area contributed by atoms with Crippen LogP contribution in [0, 0.1) is 13.8 Å². The minimum absolute atomic E-state index is 0.221. The standard InChI is InChI=1S/C18H13ClN4O2S/c1-9-17(26-23-22-9)18(24)21-12-5-3-11(4-6-12)13-7-16-15(8-14(13)19)20-10(2)25-16/h3-8H,1-2H3,(H,21,24). The number of hydrogen-bond acceptors (Lipinski definition) is 6. The lowest BCUT2D eigenvalue weighted by molar-refractivity contribution is 0.103. The number of aromatic nitrogens is 3. The van der Waals surface area contributed by atoms with Crippen LogP contribution in [0.3, 0.4) is 0 Å². The predicted octanol–water partition coefficient (Wildman–Crippen LogP) is 4.87. The molecule has 8 heteroatoms. The fraction of sp³-hybridized carbons (Fsp3) is 0.111. The molecule has 6 nitrogen and oxygen atoms in total. The van der Waals surface area contributed by atoms with Gasteiger partial charge in [-0.05, 0) is 48.3 Å². The average molecular weight is 385 g/mol. The molecule has 0 saturated carbocycles. The number of anilines is 1. The lowest BCUT2D eigenvalue weighted by Gasteiger charge is -2.07. The van der Waals surface area contributed by atoms with Crippen molar-refractivity contribution in [3.05, 3.63) is 57.9 Å². The van der Waals surface area contributed by atoms with Crippen molar-refractivity contribution in [2.24, 2.45) is 0 Å². The summed E-state index contributed by atoms with van der Waals surface area (Å²) in [5, 5.41) is 7.28. The molecule has 4 aromatic rings. The monoisotopic (exact) mass is 384 g/mol. The van der Waals surface area contributed by atoms with Crippen LogP contribution in [0.2, 0.25) is 5.02 Å². The largest absolute Gasteiger partial charge is 0.441 e. The van der Waals surface area contributed by atoms with Gasteiger partial charge in [-0.3, -0.25) is 4.79 Å². The molecule has 0 unspecified atom stereocenters. The molecule has 4 rings (SSSR count). The molecule has 0 spiro atoms. The fourth-order valence-electron chi connectivity index (χ4n) is 2.65. The summed E-state index contributed by atoms with van der Waals surface area (Å²) in [6.45, 7) is 3.55. The molecule has 0 aliphatic rings. The Bertz CT molecular complexity index is 1120. The molecule has 0 aliphatic heterocycles. The summed E-state index contributed by atoms with van der Waals surface area (Å²) in [5.41, 5.74) is 4.47. The van der Waals surface area contributed by atoms with Crippen molar-refractivity contribution in [3.8, 4) is 11.1 Å². The van der Waals surface area contributed by atoms with Gasteiger partial charge in [0.2, 0.25) is 0 Å². The van der Waals surface area contributed by atoms with Crippen molar-refractivity contribution >= 4 is 45.8 Å². The van der Waals surface area contributed by atoms with Crippen LogP contribution >= 0.6 is 23.1 Å². The minimum atomic E-state index is -0.221. The number of rotatable bonds is 3. The molecule has 0 atom stereocenters. The van der Waals surface area contributed by atoms with Gasteiger partial charge in [-0.15, -0.1) is 5.10 Å². The fourth-order valence-corrected chi connectivity index (χ4v) is 3.46. The Labute approximate surface area is 158 Å². The van der Waals surface area contributed by atoms with E-state index in [9.17, 15) is 4.79 Å². The lowest BCUT2D eigenvalue weighted by atomic mass is 10.0. The first-order valence-electron chi connectivity index (χ1n) is 7.78. The third kappa shape index (κ3) is 3.07. The minimum Gasteiger partial charge on any atom is -0.441 e. The molecule has 2 aromatic heterocycles. The summed E-state index contributed by atoms with van der Waals surface area (Å²) in [4.78, 5) is 17.0. The van der Waals surface area contributed by atoms with Gasteiger partial charge in [-0.2, -0.15) is 0 Å². The second kappa shape index (κ2) is 6.51. The molecule has 0 bridgehead atoms. The van der Waals surface area contributed by atoms with Crippen molar-refractivity contribution < 1.29 is 9.21 Å². The third-order valence-corrected chi connectivity index (χ3v) is 5.04. The summed E-state index contributed by atoms with van der Waals surface area (Å²) in [6.07, 6.45) is 0. The van der Waals surface area contributed by atoms with Gasteiger partial charge < -0.3 is 9.73 Å². The van der Waals surface area contributed by atoms with Crippen molar-refractivity contribution in [1.82, 2.24) is 14.6 Å². The van der Waals surface area contributed by atoms with E-state index in [0.29, 0.717) is 32.8 Å². The van der Waals surface area contributed by atoms with Gasteiger partial charge in [0.15, 0.2) is 11.5 Å². The van der Waals surface area contributed by atoms with E-state index in [1.165, 1.54) is 0 Å². The van der Waals surface area contributed by atoms with Crippen LogP contribution in [0.1, 0.15) is 21.3 Å². The van der Waals surface area contributed by atoms with Crippen LogP contribution in [0.25, 0.3) is 22.2 Å². The van der Waals surface area contributed by atoms with E-state index in [0.717, 1.165) is 28.2 Å². The van der Waals surface area contributed by atoms with Crippen LogP contribution in [-0.2, 0) is 0 Å². The first-order valence-corrected chi connectivity index (χ1v) is 8.94. The number of fused-ring (bicyclic) bond motifs is 1. The summed E-state index contributed by atoms with van der Waals surface area (Å²) in [6, 6.07) is 11.1. The third-order valence-electron chi connectivity index (χ3n) is 3.90. The summed E-state index contributed by atoms with van der Waals surface area (Å²) >= 11 is 7.47. The first-order chi connectivity index (χ1) is 12.5. The molecule has 0 fully saturated rings. The zero-order valence-corrected chi connectivity index (χ0v) is 15.5. The zero-order chi connectivity index (χ0) is 18.3. The van der Waals surface area contributed by atoms with Gasteiger partial charge in [0, 0.05) is 18.2 Å². The van der Waals surface area contributed by atoms with Gasteiger partial charge >= 0.3 is 0 Å². The van der Waals surface area contributed by atoms with Crippen molar-refractivity contribution in [2.45, 2.75) is 13.8 Å². The number of hydrogen-bond donors (Lipinski definition) is 1. The summed E-state index contributed by atoms with van der Waals surface area (Å²) in [7, 11) is 0. The number of amides is 1. The molecular formula is C18H13ClN4O2S. The molecule has 0 aliphatic carbocycles. The summed E-state index contributed by atoms with van der Waals surface area (Å²) < 4.78 is 9.35. The Morgan fingerprint density at radius 1 is 1.19 bits per heavy atom. The molecule has 26 heavy (non-hydrogen) atoms. The Morgan fingerprint density at radius 3 is 2.65 bits per heavy atom. The van der Waals surface area contributed by atoms with E-state index in [2.05, 4.69) is 19.9 Å². The van der Waals surface area contributed by atoms with E-state index in [-0.39, 0.29) is 5.91 Å². The Kier molecular flexibility index (Phi) is 4.18. The number of nitrogens with one attached hydrogen (secondary N) is 1. The highest BCUT2D eigenvalue weighted by Gasteiger charge is 2.14. The quantitative estimate of drug-likeness (QED) is 0.545.